The molecule has 2 aliphatic rings. The molecule has 79 valence electrons. The van der Waals surface area contributed by atoms with Gasteiger partial charge in [-0.2, -0.15) is 0 Å². The molecule has 2 N–H and O–H groups in total. The lowest BCUT2D eigenvalue weighted by Gasteiger charge is -2.23. The van der Waals surface area contributed by atoms with E-state index in [0.29, 0.717) is 5.79 Å². The van der Waals surface area contributed by atoms with Gasteiger partial charge in [0.05, 0.1) is 10.2 Å². The molecule has 0 aromatic carbocycles. The smallest absolute Gasteiger partial charge is 0.0696 e. The maximum Gasteiger partial charge on any atom is 0.0696 e. The second kappa shape index (κ2) is 5.28. The summed E-state index contributed by atoms with van der Waals surface area (Å²) < 4.78 is 0. The second-order valence-electron chi connectivity index (χ2n) is 4.73. The fourth-order valence-electron chi connectivity index (χ4n) is 2.70. The van der Waals surface area contributed by atoms with Gasteiger partial charge in [0.15, 0.2) is 0 Å². The molecule has 0 aromatic heterocycles. The summed E-state index contributed by atoms with van der Waals surface area (Å²) in [5.74, 6) is 0.321. The van der Waals surface area contributed by atoms with Gasteiger partial charge in [-0.15, -0.1) is 0 Å². The summed E-state index contributed by atoms with van der Waals surface area (Å²) in [6, 6.07) is 1.48. The molecular weight excluding hydrogens is 188 g/mol. The maximum atomic E-state index is 3.73. The minimum atomic E-state index is 0.321. The van der Waals surface area contributed by atoms with Crippen LogP contribution in [0.4, 0.5) is 0 Å². The van der Waals surface area contributed by atoms with Gasteiger partial charge in [-0.1, -0.05) is 25.7 Å². The minimum Gasteiger partial charge on any atom is -0.303 e. The fourth-order valence-corrected chi connectivity index (χ4v) is 3.18. The van der Waals surface area contributed by atoms with Crippen LogP contribution in [0.15, 0.2) is 0 Å². The van der Waals surface area contributed by atoms with E-state index in [1.807, 2.05) is 0 Å². The Balaban J connectivity index is 1.64. The van der Waals surface area contributed by atoms with Gasteiger partial charge in [-0.05, 0) is 25.7 Å². The Morgan fingerprint density at radius 1 is 0.786 bits per heavy atom. The van der Waals surface area contributed by atoms with E-state index in [-0.39, 0.29) is 0 Å². The van der Waals surface area contributed by atoms with Gasteiger partial charge in [0.1, 0.15) is 0 Å². The van der Waals surface area contributed by atoms with Gasteiger partial charge < -0.3 is 10.6 Å². The van der Waals surface area contributed by atoms with E-state index in [2.05, 4.69) is 20.9 Å². The Morgan fingerprint density at radius 2 is 1.14 bits per heavy atom. The molecule has 0 atom stereocenters. The largest absolute Gasteiger partial charge is 0.303 e. The highest BCUT2D eigenvalue weighted by Crippen LogP contribution is 2.19. The molecule has 2 nitrogen and oxygen atoms in total. The minimum absolute atomic E-state index is 0.321. The van der Waals surface area contributed by atoms with Gasteiger partial charge >= 0.3 is 0 Å². The molecule has 0 aliphatic heterocycles. The van der Waals surface area contributed by atoms with E-state index in [0.717, 1.165) is 12.1 Å². The molecule has 0 spiro atoms. The summed E-state index contributed by atoms with van der Waals surface area (Å²) in [4.78, 5) is 0. The van der Waals surface area contributed by atoms with Crippen molar-refractivity contribution < 1.29 is 0 Å². The molecule has 3 heteroatoms. The molecule has 0 heterocycles. The zero-order valence-electron chi connectivity index (χ0n) is 8.89. The molecule has 0 bridgehead atoms. The van der Waals surface area contributed by atoms with Crippen LogP contribution in [0, 0.1) is 0 Å². The van der Waals surface area contributed by atoms with E-state index in [4.69, 9.17) is 0 Å². The Kier molecular flexibility index (Phi) is 4.02. The third-order valence-corrected chi connectivity index (χ3v) is 3.85. The molecule has 2 aliphatic carbocycles. The summed E-state index contributed by atoms with van der Waals surface area (Å²) >= 11 is 0. The average molecular weight is 209 g/mol. The van der Waals surface area contributed by atoms with Crippen molar-refractivity contribution in [3.63, 3.8) is 0 Å². The van der Waals surface area contributed by atoms with Gasteiger partial charge in [0, 0.05) is 17.9 Å². The highest BCUT2D eigenvalue weighted by Gasteiger charge is 2.20. The first-order valence-electron chi connectivity index (χ1n) is 6.08. The zero-order valence-corrected chi connectivity index (χ0v) is 9.89. The number of rotatable bonds is 4. The van der Waals surface area contributed by atoms with Gasteiger partial charge in [0.2, 0.25) is 0 Å². The van der Waals surface area contributed by atoms with Gasteiger partial charge in [0.25, 0.3) is 0 Å². The van der Waals surface area contributed by atoms with Crippen LogP contribution in [0.25, 0.3) is 0 Å². The summed E-state index contributed by atoms with van der Waals surface area (Å²) in [5.41, 5.74) is 0. The first-order chi connectivity index (χ1) is 6.84. The fraction of sp³-hybridized carbons (Fsp3) is 1.00. The van der Waals surface area contributed by atoms with Crippen molar-refractivity contribution in [1.29, 1.82) is 0 Å². The van der Waals surface area contributed by atoms with Gasteiger partial charge in [-0.25, -0.2) is 0 Å². The first kappa shape index (κ1) is 10.6. The maximum absolute atomic E-state index is 3.73. The van der Waals surface area contributed by atoms with Crippen LogP contribution < -0.4 is 10.6 Å². The van der Waals surface area contributed by atoms with E-state index in [9.17, 15) is 0 Å². The lowest BCUT2D eigenvalue weighted by Crippen LogP contribution is -2.50. The van der Waals surface area contributed by atoms with Crippen LogP contribution in [-0.4, -0.2) is 28.1 Å². The van der Waals surface area contributed by atoms with Crippen molar-refractivity contribution in [2.24, 2.45) is 0 Å². The third kappa shape index (κ3) is 3.07. The lowest BCUT2D eigenvalue weighted by atomic mass is 10.2. The van der Waals surface area contributed by atoms with Crippen LogP contribution in [0.3, 0.4) is 0 Å². The molecular formula is C11H21N2Si. The zero-order chi connectivity index (χ0) is 9.80. The normalized spacial score (nSPS) is 25.3. The summed E-state index contributed by atoms with van der Waals surface area (Å²) in [5, 5.41) is 7.22. The molecule has 3 radical (unpaired) electrons. The molecule has 0 unspecified atom stereocenters. The van der Waals surface area contributed by atoms with Crippen molar-refractivity contribution in [3.05, 3.63) is 0 Å². The number of nitrogens with one attached hydrogen (secondary N) is 2. The summed E-state index contributed by atoms with van der Waals surface area (Å²) in [6.07, 6.45) is 11.0. The number of hydrogen-bond acceptors (Lipinski definition) is 2. The molecule has 2 fully saturated rings. The van der Waals surface area contributed by atoms with Crippen molar-refractivity contribution in [2.75, 3.05) is 0 Å². The Bertz CT molecular complexity index is 145. The van der Waals surface area contributed by atoms with Crippen LogP contribution >= 0.6 is 0 Å². The Hall–Kier alpha value is 0.137. The molecule has 2 saturated carbocycles. The van der Waals surface area contributed by atoms with Crippen molar-refractivity contribution in [3.8, 4) is 0 Å². The molecule has 0 amide bonds. The van der Waals surface area contributed by atoms with E-state index in [1.165, 1.54) is 51.4 Å². The topological polar surface area (TPSA) is 24.1 Å². The Morgan fingerprint density at radius 3 is 1.50 bits per heavy atom. The van der Waals surface area contributed by atoms with Crippen molar-refractivity contribution in [1.82, 2.24) is 10.6 Å². The predicted octanol–water partition coefficient (Wildman–Crippen LogP) is 1.50. The summed E-state index contributed by atoms with van der Waals surface area (Å²) in [7, 11) is 3.73. The second-order valence-corrected chi connectivity index (χ2v) is 5.31. The quantitative estimate of drug-likeness (QED) is 0.542. The monoisotopic (exact) mass is 209 g/mol. The van der Waals surface area contributed by atoms with Crippen LogP contribution in [0.2, 0.25) is 0 Å². The highest BCUT2D eigenvalue weighted by molar-refractivity contribution is 6.11. The van der Waals surface area contributed by atoms with Crippen LogP contribution in [-0.2, 0) is 0 Å². The van der Waals surface area contributed by atoms with Crippen molar-refractivity contribution >= 4 is 10.2 Å². The average Bonchev–Trinajstić information content (AvgIpc) is 2.76. The SMILES string of the molecule is [Si]C(NC1CCCC1)NC1CCCC1. The molecule has 2 rings (SSSR count). The van der Waals surface area contributed by atoms with E-state index >= 15 is 0 Å². The standard InChI is InChI=1S/C11H21N2Si/c14-11(12-9-5-1-2-6-9)13-10-7-3-4-8-10/h9-13H,1-8H2. The molecule has 0 aromatic rings. The summed E-state index contributed by atoms with van der Waals surface area (Å²) in [6.45, 7) is 0. The third-order valence-electron chi connectivity index (χ3n) is 3.52. The van der Waals surface area contributed by atoms with Gasteiger partial charge in [-0.3, -0.25) is 0 Å². The predicted molar refractivity (Wildman–Crippen MR) is 60.3 cm³/mol. The van der Waals surface area contributed by atoms with E-state index in [1.54, 1.807) is 0 Å². The lowest BCUT2D eigenvalue weighted by molar-refractivity contribution is 0.406. The highest BCUT2D eigenvalue weighted by atomic mass is 28.1. The van der Waals surface area contributed by atoms with Crippen LogP contribution in [0.1, 0.15) is 51.4 Å². The molecule has 0 saturated heterocycles. The van der Waals surface area contributed by atoms with Crippen molar-refractivity contribution in [2.45, 2.75) is 69.2 Å². The molecule has 14 heavy (non-hydrogen) atoms. The Labute approximate surface area is 90.6 Å². The van der Waals surface area contributed by atoms with Crippen LogP contribution in [0.5, 0.6) is 0 Å². The first-order valence-corrected chi connectivity index (χ1v) is 6.65. The van der Waals surface area contributed by atoms with E-state index < -0.39 is 0 Å². The number of hydrogen-bond donors (Lipinski definition) is 2.